The SMILES string of the molecule is CCc1nc(-c2ccccc2NC(=O)c2ccc(C(N)=O)cc2)n[nH]1. The van der Waals surface area contributed by atoms with Crippen molar-refractivity contribution in [3.05, 3.63) is 65.5 Å². The molecule has 2 aromatic carbocycles. The molecule has 0 atom stereocenters. The van der Waals surface area contributed by atoms with Gasteiger partial charge in [-0.1, -0.05) is 19.1 Å². The Morgan fingerprint density at radius 3 is 2.40 bits per heavy atom. The van der Waals surface area contributed by atoms with Crippen LogP contribution in [-0.2, 0) is 6.42 Å². The molecule has 0 unspecified atom stereocenters. The molecule has 0 saturated carbocycles. The maximum atomic E-state index is 12.5. The number of nitrogens with zero attached hydrogens (tertiary/aromatic N) is 2. The Kier molecular flexibility index (Phi) is 4.56. The van der Waals surface area contributed by atoms with E-state index in [9.17, 15) is 9.59 Å². The number of aryl methyl sites for hydroxylation is 1. The lowest BCUT2D eigenvalue weighted by Gasteiger charge is -2.09. The Morgan fingerprint density at radius 1 is 1.08 bits per heavy atom. The van der Waals surface area contributed by atoms with Gasteiger partial charge >= 0.3 is 0 Å². The molecule has 0 radical (unpaired) electrons. The molecule has 0 aliphatic heterocycles. The van der Waals surface area contributed by atoms with Crippen molar-refractivity contribution < 1.29 is 9.59 Å². The smallest absolute Gasteiger partial charge is 0.255 e. The normalized spacial score (nSPS) is 10.4. The first-order valence-electron chi connectivity index (χ1n) is 7.80. The van der Waals surface area contributed by atoms with Gasteiger partial charge < -0.3 is 11.1 Å². The van der Waals surface area contributed by atoms with Gasteiger partial charge in [0.15, 0.2) is 5.82 Å². The van der Waals surface area contributed by atoms with Gasteiger partial charge in [-0.3, -0.25) is 14.7 Å². The van der Waals surface area contributed by atoms with Gasteiger partial charge in [-0.25, -0.2) is 4.98 Å². The Bertz CT molecular complexity index is 915. The zero-order valence-corrected chi connectivity index (χ0v) is 13.6. The molecule has 7 heteroatoms. The first-order valence-corrected chi connectivity index (χ1v) is 7.80. The van der Waals surface area contributed by atoms with E-state index in [1.165, 1.54) is 12.1 Å². The number of anilines is 1. The number of hydrogen-bond acceptors (Lipinski definition) is 4. The van der Waals surface area contributed by atoms with Crippen molar-refractivity contribution in [3.8, 4) is 11.4 Å². The predicted molar refractivity (Wildman–Crippen MR) is 94.1 cm³/mol. The highest BCUT2D eigenvalue weighted by Gasteiger charge is 2.13. The van der Waals surface area contributed by atoms with E-state index in [2.05, 4.69) is 20.5 Å². The molecular formula is C18H17N5O2. The molecule has 0 fully saturated rings. The van der Waals surface area contributed by atoms with Crippen LogP contribution in [0.25, 0.3) is 11.4 Å². The van der Waals surface area contributed by atoms with Crippen LogP contribution in [0.3, 0.4) is 0 Å². The molecule has 0 aliphatic rings. The van der Waals surface area contributed by atoms with Crippen molar-refractivity contribution in [2.75, 3.05) is 5.32 Å². The zero-order chi connectivity index (χ0) is 17.8. The molecule has 25 heavy (non-hydrogen) atoms. The van der Waals surface area contributed by atoms with E-state index in [-0.39, 0.29) is 5.91 Å². The van der Waals surface area contributed by atoms with Crippen LogP contribution in [0.1, 0.15) is 33.5 Å². The third-order valence-electron chi connectivity index (χ3n) is 3.71. The molecule has 4 N–H and O–H groups in total. The summed E-state index contributed by atoms with van der Waals surface area (Å²) >= 11 is 0. The summed E-state index contributed by atoms with van der Waals surface area (Å²) in [7, 11) is 0. The van der Waals surface area contributed by atoms with Crippen LogP contribution >= 0.6 is 0 Å². The van der Waals surface area contributed by atoms with E-state index < -0.39 is 5.91 Å². The summed E-state index contributed by atoms with van der Waals surface area (Å²) in [5, 5.41) is 9.91. The fourth-order valence-corrected chi connectivity index (χ4v) is 2.34. The highest BCUT2D eigenvalue weighted by Crippen LogP contribution is 2.25. The molecule has 126 valence electrons. The van der Waals surface area contributed by atoms with Crippen LogP contribution in [0.2, 0.25) is 0 Å². The monoisotopic (exact) mass is 335 g/mol. The predicted octanol–water partition coefficient (Wildman–Crippen LogP) is 2.39. The fourth-order valence-electron chi connectivity index (χ4n) is 2.34. The number of aromatic nitrogens is 3. The summed E-state index contributed by atoms with van der Waals surface area (Å²) in [6, 6.07) is 13.5. The van der Waals surface area contributed by atoms with Crippen molar-refractivity contribution in [2.45, 2.75) is 13.3 Å². The molecule has 1 aromatic heterocycles. The molecule has 0 saturated heterocycles. The maximum Gasteiger partial charge on any atom is 0.255 e. The molecular weight excluding hydrogens is 318 g/mol. The first kappa shape index (κ1) is 16.4. The Balaban J connectivity index is 1.85. The lowest BCUT2D eigenvalue weighted by Crippen LogP contribution is -2.14. The van der Waals surface area contributed by atoms with E-state index >= 15 is 0 Å². The average Bonchev–Trinajstić information content (AvgIpc) is 3.11. The van der Waals surface area contributed by atoms with E-state index in [1.807, 2.05) is 25.1 Å². The number of carbonyl (C=O) groups is 2. The van der Waals surface area contributed by atoms with Crippen LogP contribution in [0.15, 0.2) is 48.5 Å². The molecule has 0 spiro atoms. The summed E-state index contributed by atoms with van der Waals surface area (Å²) in [6.07, 6.45) is 0.744. The number of nitrogens with two attached hydrogens (primary N) is 1. The third kappa shape index (κ3) is 3.55. The summed E-state index contributed by atoms with van der Waals surface area (Å²) in [5.41, 5.74) is 7.30. The standard InChI is InChI=1S/C18H17N5O2/c1-2-15-21-17(23-22-15)13-5-3-4-6-14(13)20-18(25)12-9-7-11(8-10-12)16(19)24/h3-10H,2H2,1H3,(H2,19,24)(H,20,25)(H,21,22,23). The van der Waals surface area contributed by atoms with Crippen LogP contribution in [-0.4, -0.2) is 27.0 Å². The summed E-state index contributed by atoms with van der Waals surface area (Å²) < 4.78 is 0. The fraction of sp³-hybridized carbons (Fsp3) is 0.111. The van der Waals surface area contributed by atoms with Gasteiger partial charge in [0.05, 0.1) is 5.69 Å². The van der Waals surface area contributed by atoms with Crippen molar-refractivity contribution in [1.29, 1.82) is 0 Å². The molecule has 3 aromatic rings. The topological polar surface area (TPSA) is 114 Å². The number of nitrogens with one attached hydrogen (secondary N) is 2. The van der Waals surface area contributed by atoms with Gasteiger partial charge in [0.25, 0.3) is 5.91 Å². The van der Waals surface area contributed by atoms with Crippen LogP contribution in [0, 0.1) is 0 Å². The molecule has 0 aliphatic carbocycles. The largest absolute Gasteiger partial charge is 0.366 e. The number of para-hydroxylation sites is 1. The number of aromatic amines is 1. The van der Waals surface area contributed by atoms with Crippen LogP contribution < -0.4 is 11.1 Å². The molecule has 0 bridgehead atoms. The Morgan fingerprint density at radius 2 is 1.76 bits per heavy atom. The minimum atomic E-state index is -0.534. The number of rotatable bonds is 5. The van der Waals surface area contributed by atoms with E-state index in [1.54, 1.807) is 18.2 Å². The van der Waals surface area contributed by atoms with Crippen LogP contribution in [0.5, 0.6) is 0 Å². The second-order valence-corrected chi connectivity index (χ2v) is 5.40. The highest BCUT2D eigenvalue weighted by molar-refractivity contribution is 6.06. The number of amides is 2. The zero-order valence-electron chi connectivity index (χ0n) is 13.6. The van der Waals surface area contributed by atoms with Crippen molar-refractivity contribution >= 4 is 17.5 Å². The number of carbonyl (C=O) groups excluding carboxylic acids is 2. The average molecular weight is 335 g/mol. The van der Waals surface area contributed by atoms with Gasteiger partial charge in [0.1, 0.15) is 5.82 Å². The van der Waals surface area contributed by atoms with Crippen molar-refractivity contribution in [3.63, 3.8) is 0 Å². The van der Waals surface area contributed by atoms with Gasteiger partial charge in [0.2, 0.25) is 5.91 Å². The molecule has 7 nitrogen and oxygen atoms in total. The van der Waals surface area contributed by atoms with Crippen molar-refractivity contribution in [2.24, 2.45) is 5.73 Å². The second kappa shape index (κ2) is 6.96. The Hall–Kier alpha value is -3.48. The van der Waals surface area contributed by atoms with E-state index in [0.29, 0.717) is 22.6 Å². The van der Waals surface area contributed by atoms with E-state index in [4.69, 9.17) is 5.73 Å². The lowest BCUT2D eigenvalue weighted by molar-refractivity contribution is 0.0995. The summed E-state index contributed by atoms with van der Waals surface area (Å²) in [6.45, 7) is 1.98. The number of primary amides is 1. The summed E-state index contributed by atoms with van der Waals surface area (Å²) in [4.78, 5) is 28.0. The molecule has 3 rings (SSSR count). The van der Waals surface area contributed by atoms with Crippen LogP contribution in [0.4, 0.5) is 5.69 Å². The minimum absolute atomic E-state index is 0.297. The van der Waals surface area contributed by atoms with Gasteiger partial charge in [0, 0.05) is 23.1 Å². The number of benzene rings is 2. The van der Waals surface area contributed by atoms with Gasteiger partial charge in [-0.05, 0) is 36.4 Å². The Labute approximate surface area is 144 Å². The van der Waals surface area contributed by atoms with E-state index in [0.717, 1.165) is 17.8 Å². The maximum absolute atomic E-state index is 12.5. The minimum Gasteiger partial charge on any atom is -0.366 e. The molecule has 2 amide bonds. The highest BCUT2D eigenvalue weighted by atomic mass is 16.2. The third-order valence-corrected chi connectivity index (χ3v) is 3.71. The molecule has 1 heterocycles. The quantitative estimate of drug-likeness (QED) is 0.664. The van der Waals surface area contributed by atoms with Gasteiger partial charge in [-0.15, -0.1) is 0 Å². The second-order valence-electron chi connectivity index (χ2n) is 5.40. The first-order chi connectivity index (χ1) is 12.1. The van der Waals surface area contributed by atoms with Gasteiger partial charge in [-0.2, -0.15) is 5.10 Å². The number of hydrogen-bond donors (Lipinski definition) is 3. The number of H-pyrrole nitrogens is 1. The summed E-state index contributed by atoms with van der Waals surface area (Å²) in [5.74, 6) is 0.471. The lowest BCUT2D eigenvalue weighted by atomic mass is 10.1. The van der Waals surface area contributed by atoms with Crippen molar-refractivity contribution in [1.82, 2.24) is 15.2 Å².